The highest BCUT2D eigenvalue weighted by atomic mass is 35.5. The van der Waals surface area contributed by atoms with E-state index in [1.165, 1.54) is 25.3 Å². The Balaban J connectivity index is 0.00000196. The van der Waals surface area contributed by atoms with Crippen LogP contribution in [0.2, 0.25) is 0 Å². The summed E-state index contributed by atoms with van der Waals surface area (Å²) in [6.45, 7) is 0. The molecule has 0 spiro atoms. The smallest absolute Gasteiger partial charge is 0.242 e. The average molecular weight is 252 g/mol. The van der Waals surface area contributed by atoms with Crippen LogP contribution in [0.4, 0.5) is 0 Å². The second kappa shape index (κ2) is 5.80. The fraction of sp³-hybridized carbons (Fsp3) is 0.222. The van der Waals surface area contributed by atoms with Gasteiger partial charge in [0.2, 0.25) is 5.24 Å². The molecule has 0 saturated carbocycles. The topological polar surface area (TPSA) is 72.5 Å². The molecule has 6 heteroatoms. The molecular formula is C9H11Cl2NO3. The van der Waals surface area contributed by atoms with Crippen molar-refractivity contribution < 1.29 is 14.6 Å². The summed E-state index contributed by atoms with van der Waals surface area (Å²) in [6, 6.07) is 3.49. The van der Waals surface area contributed by atoms with Crippen LogP contribution in [0.25, 0.3) is 0 Å². The number of phenols is 1. The first kappa shape index (κ1) is 14.0. The number of phenolic OH excluding ortho intramolecular Hbond substituents is 1. The number of halogens is 2. The van der Waals surface area contributed by atoms with Gasteiger partial charge in [0, 0.05) is 0 Å². The molecule has 15 heavy (non-hydrogen) atoms. The fourth-order valence-corrected chi connectivity index (χ4v) is 1.14. The summed E-state index contributed by atoms with van der Waals surface area (Å²) >= 11 is 5.23. The molecule has 1 aromatic carbocycles. The fourth-order valence-electron chi connectivity index (χ4n) is 1.02. The van der Waals surface area contributed by atoms with Crippen LogP contribution in [0.15, 0.2) is 18.2 Å². The van der Waals surface area contributed by atoms with E-state index in [2.05, 4.69) is 0 Å². The maximum absolute atomic E-state index is 10.8. The molecule has 0 amide bonds. The molecule has 0 aliphatic heterocycles. The molecule has 4 nitrogen and oxygen atoms in total. The van der Waals surface area contributed by atoms with Crippen molar-refractivity contribution in [3.63, 3.8) is 0 Å². The molecule has 1 aromatic rings. The van der Waals surface area contributed by atoms with Crippen molar-refractivity contribution >= 4 is 29.3 Å². The first-order chi connectivity index (χ1) is 6.56. The van der Waals surface area contributed by atoms with Crippen molar-refractivity contribution in [2.75, 3.05) is 7.11 Å². The van der Waals surface area contributed by atoms with Gasteiger partial charge in [0.15, 0.2) is 11.5 Å². The van der Waals surface area contributed by atoms with E-state index < -0.39 is 11.3 Å². The molecule has 0 radical (unpaired) electrons. The van der Waals surface area contributed by atoms with E-state index in [1.54, 1.807) is 0 Å². The number of ether oxygens (including phenoxy) is 1. The van der Waals surface area contributed by atoms with Crippen molar-refractivity contribution in [3.05, 3.63) is 23.8 Å². The standard InChI is InChI=1S/C9H10ClNO3.ClH/c1-14-7-4-5(2-3-6(7)12)8(11)9(10)13;/h2-4,8,12H,11H2,1H3;1H/t8-;/m1./s1. The molecule has 0 saturated heterocycles. The predicted molar refractivity (Wildman–Crippen MR) is 59.7 cm³/mol. The summed E-state index contributed by atoms with van der Waals surface area (Å²) in [6.07, 6.45) is 0. The van der Waals surface area contributed by atoms with Crippen molar-refractivity contribution in [1.82, 2.24) is 0 Å². The van der Waals surface area contributed by atoms with Gasteiger partial charge in [-0.1, -0.05) is 6.07 Å². The lowest BCUT2D eigenvalue weighted by Gasteiger charge is -2.09. The van der Waals surface area contributed by atoms with E-state index >= 15 is 0 Å². The van der Waals surface area contributed by atoms with Crippen LogP contribution in [0.3, 0.4) is 0 Å². The lowest BCUT2D eigenvalue weighted by molar-refractivity contribution is -0.112. The van der Waals surface area contributed by atoms with E-state index in [9.17, 15) is 9.90 Å². The number of methoxy groups -OCH3 is 1. The number of carbonyl (C=O) groups excluding carboxylic acids is 1. The summed E-state index contributed by atoms with van der Waals surface area (Å²) in [4.78, 5) is 10.8. The summed E-state index contributed by atoms with van der Waals surface area (Å²) in [5.74, 6) is 0.251. The Labute approximate surface area is 98.4 Å². The second-order valence-corrected chi connectivity index (χ2v) is 3.09. The number of benzene rings is 1. The molecule has 0 heterocycles. The van der Waals surface area contributed by atoms with Crippen LogP contribution >= 0.6 is 24.0 Å². The number of hydrogen-bond acceptors (Lipinski definition) is 4. The zero-order chi connectivity index (χ0) is 10.7. The van der Waals surface area contributed by atoms with Crippen molar-refractivity contribution in [3.8, 4) is 11.5 Å². The van der Waals surface area contributed by atoms with Crippen LogP contribution in [0.5, 0.6) is 11.5 Å². The van der Waals surface area contributed by atoms with Gasteiger partial charge in [0.1, 0.15) is 6.04 Å². The van der Waals surface area contributed by atoms with Gasteiger partial charge in [-0.2, -0.15) is 0 Å². The number of nitrogens with two attached hydrogens (primary N) is 1. The number of aromatic hydroxyl groups is 1. The molecule has 3 N–H and O–H groups in total. The monoisotopic (exact) mass is 251 g/mol. The van der Waals surface area contributed by atoms with E-state index in [0.29, 0.717) is 5.56 Å². The maximum atomic E-state index is 10.8. The lowest BCUT2D eigenvalue weighted by atomic mass is 10.1. The Morgan fingerprint density at radius 2 is 2.20 bits per heavy atom. The highest BCUT2D eigenvalue weighted by molar-refractivity contribution is 6.64. The first-order valence-electron chi connectivity index (χ1n) is 3.88. The third-order valence-electron chi connectivity index (χ3n) is 1.81. The van der Waals surface area contributed by atoms with Gasteiger partial charge in [-0.3, -0.25) is 4.79 Å². The summed E-state index contributed by atoms with van der Waals surface area (Å²) < 4.78 is 4.86. The van der Waals surface area contributed by atoms with E-state index in [1.807, 2.05) is 0 Å². The summed E-state index contributed by atoms with van der Waals surface area (Å²) in [5.41, 5.74) is 5.99. The van der Waals surface area contributed by atoms with Crippen LogP contribution in [-0.2, 0) is 4.79 Å². The highest BCUT2D eigenvalue weighted by Gasteiger charge is 2.14. The first-order valence-corrected chi connectivity index (χ1v) is 4.26. The quantitative estimate of drug-likeness (QED) is 0.801. The maximum Gasteiger partial charge on any atom is 0.242 e. The molecule has 0 aromatic heterocycles. The van der Waals surface area contributed by atoms with Crippen LogP contribution in [0.1, 0.15) is 11.6 Å². The van der Waals surface area contributed by atoms with Gasteiger partial charge in [-0.15, -0.1) is 12.4 Å². The van der Waals surface area contributed by atoms with E-state index in [-0.39, 0.29) is 23.9 Å². The van der Waals surface area contributed by atoms with E-state index in [0.717, 1.165) is 0 Å². The second-order valence-electron chi connectivity index (χ2n) is 2.71. The Morgan fingerprint density at radius 1 is 1.60 bits per heavy atom. The Morgan fingerprint density at radius 3 is 2.67 bits per heavy atom. The van der Waals surface area contributed by atoms with Gasteiger partial charge < -0.3 is 15.6 Å². The van der Waals surface area contributed by atoms with Crippen LogP contribution in [-0.4, -0.2) is 17.5 Å². The zero-order valence-electron chi connectivity index (χ0n) is 7.94. The number of carbonyl (C=O) groups is 1. The molecule has 0 fully saturated rings. The largest absolute Gasteiger partial charge is 0.504 e. The van der Waals surface area contributed by atoms with Gasteiger partial charge in [-0.25, -0.2) is 0 Å². The van der Waals surface area contributed by atoms with Gasteiger partial charge in [-0.05, 0) is 29.3 Å². The Hall–Kier alpha value is -0.970. The molecule has 1 rings (SSSR count). The molecule has 0 aliphatic carbocycles. The minimum atomic E-state index is -0.897. The number of hydrogen-bond donors (Lipinski definition) is 2. The zero-order valence-corrected chi connectivity index (χ0v) is 9.51. The molecule has 0 unspecified atom stereocenters. The third kappa shape index (κ3) is 3.27. The average Bonchev–Trinajstić information content (AvgIpc) is 2.17. The van der Waals surface area contributed by atoms with Crippen LogP contribution in [0, 0.1) is 0 Å². The number of rotatable bonds is 3. The Bertz CT molecular complexity index is 357. The summed E-state index contributed by atoms with van der Waals surface area (Å²) in [7, 11) is 1.41. The minimum absolute atomic E-state index is 0. The highest BCUT2D eigenvalue weighted by Crippen LogP contribution is 2.28. The normalized spacial score (nSPS) is 11.4. The van der Waals surface area contributed by atoms with Gasteiger partial charge in [0.05, 0.1) is 7.11 Å². The molecular weight excluding hydrogens is 241 g/mol. The molecule has 84 valence electrons. The third-order valence-corrected chi connectivity index (χ3v) is 2.04. The molecule has 0 aliphatic rings. The summed E-state index contributed by atoms with van der Waals surface area (Å²) in [5, 5.41) is 8.62. The predicted octanol–water partition coefficient (Wildman–Crippen LogP) is 1.59. The lowest BCUT2D eigenvalue weighted by Crippen LogP contribution is -2.16. The van der Waals surface area contributed by atoms with Gasteiger partial charge in [0.25, 0.3) is 0 Å². The van der Waals surface area contributed by atoms with Crippen molar-refractivity contribution in [2.24, 2.45) is 5.73 Å². The minimum Gasteiger partial charge on any atom is -0.504 e. The van der Waals surface area contributed by atoms with Crippen molar-refractivity contribution in [2.45, 2.75) is 6.04 Å². The Kier molecular flexibility index (Phi) is 5.43. The molecule has 0 bridgehead atoms. The van der Waals surface area contributed by atoms with Crippen LogP contribution < -0.4 is 10.5 Å². The van der Waals surface area contributed by atoms with Gasteiger partial charge >= 0.3 is 0 Å². The SMILES string of the molecule is COc1cc([C@@H](N)C(=O)Cl)ccc1O.Cl. The van der Waals surface area contributed by atoms with Crippen molar-refractivity contribution in [1.29, 1.82) is 0 Å². The molecule has 1 atom stereocenters. The van der Waals surface area contributed by atoms with E-state index in [4.69, 9.17) is 22.1 Å².